The number of nitrogens with zero attached hydrogens (tertiary/aromatic N) is 1. The lowest BCUT2D eigenvalue weighted by Crippen LogP contribution is -2.58. The summed E-state index contributed by atoms with van der Waals surface area (Å²) >= 11 is 0. The maximum absolute atomic E-state index is 14.5. The molecule has 1 fully saturated rings. The molecule has 0 N–H and O–H groups in total. The zero-order chi connectivity index (χ0) is 28.7. The number of halogens is 2. The zero-order valence-electron chi connectivity index (χ0n) is 23.7. The molecular weight excluding hydrogens is 532 g/mol. The molecule has 4 nitrogen and oxygen atoms in total. The maximum Gasteiger partial charge on any atom is 0.126 e. The summed E-state index contributed by atoms with van der Waals surface area (Å²) in [6, 6.07) is 32.9. The highest BCUT2D eigenvalue weighted by atomic mass is 19.1. The minimum atomic E-state index is -0.310. The summed E-state index contributed by atoms with van der Waals surface area (Å²) in [6.45, 7) is 3.38. The second-order valence-corrected chi connectivity index (χ2v) is 11.4. The van der Waals surface area contributed by atoms with Crippen LogP contribution in [-0.2, 0) is 46.9 Å². The molecule has 0 aromatic heterocycles. The molecule has 1 saturated heterocycles. The third kappa shape index (κ3) is 7.13. The van der Waals surface area contributed by atoms with E-state index < -0.39 is 0 Å². The molecule has 218 valence electrons. The van der Waals surface area contributed by atoms with E-state index in [9.17, 15) is 8.78 Å². The minimum absolute atomic E-state index is 0.123. The Morgan fingerprint density at radius 3 is 1.38 bits per heavy atom. The zero-order valence-corrected chi connectivity index (χ0v) is 23.7. The molecule has 6 heteroatoms. The first-order chi connectivity index (χ1) is 20.6. The third-order valence-corrected chi connectivity index (χ3v) is 8.33. The highest BCUT2D eigenvalue weighted by Gasteiger charge is 2.41. The summed E-state index contributed by atoms with van der Waals surface area (Å²) in [5.41, 5.74) is 4.33. The lowest BCUT2D eigenvalue weighted by molar-refractivity contribution is -0.185. The minimum Gasteiger partial charge on any atom is -0.369 e. The Morgan fingerprint density at radius 1 is 0.548 bits per heavy atom. The third-order valence-electron chi connectivity index (χ3n) is 8.33. The van der Waals surface area contributed by atoms with Gasteiger partial charge in [-0.15, -0.1) is 0 Å². The molecule has 0 saturated carbocycles. The number of benzene rings is 4. The van der Waals surface area contributed by atoms with Gasteiger partial charge in [0.1, 0.15) is 17.7 Å². The predicted molar refractivity (Wildman–Crippen MR) is 159 cm³/mol. The van der Waals surface area contributed by atoms with E-state index in [4.69, 9.17) is 14.2 Å². The largest absolute Gasteiger partial charge is 0.369 e. The van der Waals surface area contributed by atoms with Crippen molar-refractivity contribution in [2.24, 2.45) is 5.92 Å². The number of hydrogen-bond acceptors (Lipinski definition) is 4. The molecule has 1 aliphatic carbocycles. The van der Waals surface area contributed by atoms with E-state index in [0.717, 1.165) is 16.7 Å². The summed E-state index contributed by atoms with van der Waals surface area (Å²) < 4.78 is 48.8. The van der Waals surface area contributed by atoms with Gasteiger partial charge in [-0.3, -0.25) is 4.90 Å². The van der Waals surface area contributed by atoms with E-state index in [1.165, 1.54) is 12.1 Å². The number of rotatable bonds is 11. The number of ether oxygens (including phenoxy) is 3. The molecule has 4 aromatic carbocycles. The molecule has 42 heavy (non-hydrogen) atoms. The van der Waals surface area contributed by atoms with Gasteiger partial charge in [0.15, 0.2) is 0 Å². The molecule has 0 radical (unpaired) electrons. The molecule has 0 spiro atoms. The van der Waals surface area contributed by atoms with Crippen LogP contribution < -0.4 is 0 Å². The van der Waals surface area contributed by atoms with Crippen molar-refractivity contribution in [3.63, 3.8) is 0 Å². The van der Waals surface area contributed by atoms with Gasteiger partial charge in [0, 0.05) is 19.6 Å². The van der Waals surface area contributed by atoms with Crippen LogP contribution in [0.3, 0.4) is 0 Å². The molecule has 1 aliphatic heterocycles. The second-order valence-electron chi connectivity index (χ2n) is 11.4. The van der Waals surface area contributed by atoms with Gasteiger partial charge in [-0.05, 0) is 58.7 Å². The fourth-order valence-corrected chi connectivity index (χ4v) is 6.23. The number of fused-ring (bicyclic) bond motifs is 1. The van der Waals surface area contributed by atoms with Crippen molar-refractivity contribution in [1.29, 1.82) is 0 Å². The highest BCUT2D eigenvalue weighted by Crippen LogP contribution is 2.33. The van der Waals surface area contributed by atoms with Gasteiger partial charge in [0.25, 0.3) is 0 Å². The van der Waals surface area contributed by atoms with Gasteiger partial charge in [0.05, 0.1) is 32.0 Å². The van der Waals surface area contributed by atoms with E-state index in [2.05, 4.69) is 41.3 Å². The molecule has 1 unspecified atom stereocenters. The van der Waals surface area contributed by atoms with Gasteiger partial charge in [0.2, 0.25) is 0 Å². The molecule has 1 heterocycles. The van der Waals surface area contributed by atoms with Crippen LogP contribution in [0.5, 0.6) is 0 Å². The molecule has 3 atom stereocenters. The number of hydrogen-bond donors (Lipinski definition) is 0. The van der Waals surface area contributed by atoms with Crippen LogP contribution in [0.25, 0.3) is 0 Å². The van der Waals surface area contributed by atoms with Crippen molar-refractivity contribution in [2.45, 2.75) is 51.0 Å². The molecule has 0 amide bonds. The topological polar surface area (TPSA) is 30.9 Å². The van der Waals surface area contributed by atoms with Crippen molar-refractivity contribution in [2.75, 3.05) is 19.6 Å². The second kappa shape index (κ2) is 13.7. The number of likely N-dealkylation sites (tertiary alicyclic amines) is 1. The molecule has 2 aliphatic rings. The first-order valence-electron chi connectivity index (χ1n) is 14.8. The van der Waals surface area contributed by atoms with Gasteiger partial charge < -0.3 is 14.2 Å². The van der Waals surface area contributed by atoms with Crippen LogP contribution in [0, 0.1) is 17.6 Å². The van der Waals surface area contributed by atoms with Crippen molar-refractivity contribution in [1.82, 2.24) is 4.90 Å². The highest BCUT2D eigenvalue weighted by molar-refractivity contribution is 5.35. The van der Waals surface area contributed by atoms with Gasteiger partial charge in [-0.2, -0.15) is 0 Å². The Hall–Kier alpha value is -3.42. The van der Waals surface area contributed by atoms with Crippen LogP contribution >= 0.6 is 0 Å². The first-order valence-corrected chi connectivity index (χ1v) is 14.8. The molecular formula is C36H37F2NO3. The van der Waals surface area contributed by atoms with Crippen LogP contribution in [0.2, 0.25) is 0 Å². The smallest absolute Gasteiger partial charge is 0.126 e. The van der Waals surface area contributed by atoms with E-state index in [1.807, 2.05) is 54.6 Å². The number of piperidine rings is 1. The van der Waals surface area contributed by atoms with E-state index in [-0.39, 0.29) is 35.9 Å². The van der Waals surface area contributed by atoms with Gasteiger partial charge >= 0.3 is 0 Å². The van der Waals surface area contributed by atoms with Crippen molar-refractivity contribution >= 4 is 0 Å². The Bertz CT molecular complexity index is 1340. The van der Waals surface area contributed by atoms with E-state index in [0.29, 0.717) is 63.4 Å². The maximum atomic E-state index is 14.5. The van der Waals surface area contributed by atoms with Crippen molar-refractivity contribution in [3.05, 3.63) is 143 Å². The summed E-state index contributed by atoms with van der Waals surface area (Å²) in [5, 5.41) is 0. The lowest BCUT2D eigenvalue weighted by atomic mass is 9.98. The summed E-state index contributed by atoms with van der Waals surface area (Å²) in [6.07, 6.45) is 0.286. The molecule has 4 aromatic rings. The van der Waals surface area contributed by atoms with Crippen LogP contribution in [0.4, 0.5) is 8.78 Å². The quantitative estimate of drug-likeness (QED) is 0.200. The normalized spacial score (nSPS) is 21.0. The van der Waals surface area contributed by atoms with Crippen molar-refractivity contribution in [3.8, 4) is 0 Å². The summed E-state index contributed by atoms with van der Waals surface area (Å²) in [5.74, 6) is -0.497. The Morgan fingerprint density at radius 2 is 0.952 bits per heavy atom. The van der Waals surface area contributed by atoms with Crippen LogP contribution in [-0.4, -0.2) is 42.8 Å². The fourth-order valence-electron chi connectivity index (χ4n) is 6.23. The van der Waals surface area contributed by atoms with E-state index in [1.54, 1.807) is 0 Å². The lowest BCUT2D eigenvalue weighted by Gasteiger charge is -2.44. The fraction of sp³-hybridized carbons (Fsp3) is 0.333. The van der Waals surface area contributed by atoms with Crippen molar-refractivity contribution < 1.29 is 23.0 Å². The van der Waals surface area contributed by atoms with Gasteiger partial charge in [-0.1, -0.05) is 91.0 Å². The van der Waals surface area contributed by atoms with Gasteiger partial charge in [-0.25, -0.2) is 8.78 Å². The molecule has 0 bridgehead atoms. The van der Waals surface area contributed by atoms with Crippen LogP contribution in [0.15, 0.2) is 103 Å². The monoisotopic (exact) mass is 569 g/mol. The summed E-state index contributed by atoms with van der Waals surface area (Å²) in [7, 11) is 0. The van der Waals surface area contributed by atoms with E-state index >= 15 is 0 Å². The Labute approximate surface area is 246 Å². The first kappa shape index (κ1) is 28.7. The SMILES string of the molecule is Fc1ccc(F)c2c1CC(CN1C[C@H](OCc3ccccc3)C(OCc3ccccc3)[C@H](OCc3ccccc3)C1)C2. The Balaban J connectivity index is 1.21. The molecule has 6 rings (SSSR count). The standard InChI is InChI=1S/C36H37F2NO3/c37-32-16-17-33(38)31-19-29(18-30(31)32)20-39-21-34(40-23-26-10-4-1-5-11-26)36(42-25-28-14-8-3-9-15-28)35(22-39)41-24-27-12-6-2-7-13-27/h1-17,29,34-36H,18-25H2/t34-,35+,36?. The average molecular weight is 570 g/mol. The summed E-state index contributed by atoms with van der Waals surface area (Å²) in [4.78, 5) is 2.33. The van der Waals surface area contributed by atoms with Crippen LogP contribution in [0.1, 0.15) is 27.8 Å². The predicted octanol–water partition coefficient (Wildman–Crippen LogP) is 6.75. The Kier molecular flexibility index (Phi) is 9.36. The average Bonchev–Trinajstić information content (AvgIpc) is 3.47.